The van der Waals surface area contributed by atoms with Gasteiger partial charge in [0.15, 0.2) is 0 Å². The first-order chi connectivity index (χ1) is 8.01. The van der Waals surface area contributed by atoms with Crippen molar-refractivity contribution in [3.8, 4) is 0 Å². The van der Waals surface area contributed by atoms with Crippen molar-refractivity contribution in [3.63, 3.8) is 0 Å². The van der Waals surface area contributed by atoms with E-state index in [2.05, 4.69) is 32.6 Å². The highest BCUT2D eigenvalue weighted by atomic mass is 16.3. The third-order valence-electron chi connectivity index (χ3n) is 5.21. The highest BCUT2D eigenvalue weighted by Crippen LogP contribution is 2.37. The Labute approximate surface area is 106 Å². The molecule has 3 heterocycles. The van der Waals surface area contributed by atoms with E-state index < -0.39 is 0 Å². The topological polar surface area (TPSA) is 23.5 Å². The Morgan fingerprint density at radius 1 is 1.24 bits per heavy atom. The Balaban J connectivity index is 2.18. The number of nitrogens with zero attached hydrogens (tertiary/aromatic N) is 2. The van der Waals surface area contributed by atoms with Crippen LogP contribution in [-0.4, -0.2) is 64.9 Å². The van der Waals surface area contributed by atoms with E-state index in [1.165, 1.54) is 25.9 Å². The van der Waals surface area contributed by atoms with Crippen LogP contribution in [0.2, 0.25) is 0 Å². The lowest BCUT2D eigenvalue weighted by Crippen LogP contribution is -2.75. The molecule has 17 heavy (non-hydrogen) atoms. The van der Waals surface area contributed by atoms with Gasteiger partial charge in [0.05, 0.1) is 31.8 Å². The van der Waals surface area contributed by atoms with Gasteiger partial charge in [-0.15, -0.1) is 0 Å². The Hall–Kier alpha value is -0.120. The molecule has 0 aromatic heterocycles. The quantitative estimate of drug-likeness (QED) is 0.753. The predicted molar refractivity (Wildman–Crippen MR) is 70.9 cm³/mol. The molecule has 0 aromatic rings. The predicted octanol–water partition coefficient (Wildman–Crippen LogP) is 1.46. The smallest absolute Gasteiger partial charge is 0.103 e. The molecule has 3 aliphatic rings. The molecule has 2 unspecified atom stereocenters. The molecular formula is C14H29N2O+. The van der Waals surface area contributed by atoms with Crippen molar-refractivity contribution in [3.05, 3.63) is 0 Å². The van der Waals surface area contributed by atoms with Crippen LogP contribution in [0.1, 0.15) is 40.5 Å². The average Bonchev–Trinajstić information content (AvgIpc) is 2.29. The first kappa shape index (κ1) is 13.3. The summed E-state index contributed by atoms with van der Waals surface area (Å²) in [6.45, 7) is 13.1. The van der Waals surface area contributed by atoms with Crippen LogP contribution in [0.3, 0.4) is 0 Å². The van der Waals surface area contributed by atoms with Crippen LogP contribution in [0.5, 0.6) is 0 Å². The number of fused-ring (bicyclic) bond motifs is 3. The highest BCUT2D eigenvalue weighted by molar-refractivity contribution is 4.90. The molecule has 0 saturated carbocycles. The van der Waals surface area contributed by atoms with E-state index in [1.807, 2.05) is 0 Å². The molecule has 100 valence electrons. The van der Waals surface area contributed by atoms with Gasteiger partial charge in [-0.25, -0.2) is 0 Å². The second-order valence-electron chi connectivity index (χ2n) is 6.50. The largest absolute Gasteiger partial charge is 0.391 e. The molecule has 0 amide bonds. The van der Waals surface area contributed by atoms with Crippen LogP contribution in [0.25, 0.3) is 0 Å². The lowest BCUT2D eigenvalue weighted by atomic mass is 9.85. The fourth-order valence-corrected chi connectivity index (χ4v) is 4.17. The molecule has 0 spiro atoms. The second kappa shape index (κ2) is 4.87. The maximum absolute atomic E-state index is 9.41. The molecule has 2 bridgehead atoms. The number of quaternary nitrogens is 1. The third-order valence-corrected chi connectivity index (χ3v) is 5.21. The Morgan fingerprint density at radius 2 is 1.94 bits per heavy atom. The molecule has 0 aromatic carbocycles. The molecule has 3 saturated heterocycles. The minimum absolute atomic E-state index is 0.336. The van der Waals surface area contributed by atoms with Crippen molar-refractivity contribution in [1.29, 1.82) is 0 Å². The van der Waals surface area contributed by atoms with Gasteiger partial charge in [0.1, 0.15) is 12.6 Å². The van der Waals surface area contributed by atoms with Gasteiger partial charge in [0.2, 0.25) is 0 Å². The zero-order valence-electron chi connectivity index (χ0n) is 11.9. The Morgan fingerprint density at radius 3 is 2.35 bits per heavy atom. The van der Waals surface area contributed by atoms with Gasteiger partial charge in [-0.3, -0.25) is 4.90 Å². The van der Waals surface area contributed by atoms with E-state index >= 15 is 0 Å². The Bertz CT molecular complexity index is 267. The van der Waals surface area contributed by atoms with Crippen molar-refractivity contribution in [2.24, 2.45) is 0 Å². The standard InChI is InChI=1S/C14H29N2O/c1-11(2)15-9-14-6-5-13(15)10-16(14,7-8-17)12(3)4/h11-14,17H,5-10H2,1-4H3/q+1/t13?,14-,16?/m0/s1. The van der Waals surface area contributed by atoms with Crippen molar-refractivity contribution < 1.29 is 9.59 Å². The van der Waals surface area contributed by atoms with Crippen molar-refractivity contribution in [1.82, 2.24) is 4.90 Å². The van der Waals surface area contributed by atoms with Gasteiger partial charge in [0, 0.05) is 12.5 Å². The molecule has 0 aliphatic carbocycles. The molecule has 3 rings (SSSR count). The molecule has 3 nitrogen and oxygen atoms in total. The number of piperazine rings is 1. The van der Waals surface area contributed by atoms with E-state index in [0.717, 1.165) is 23.1 Å². The average molecular weight is 241 g/mol. The minimum atomic E-state index is 0.336. The summed E-state index contributed by atoms with van der Waals surface area (Å²) in [4.78, 5) is 2.68. The second-order valence-corrected chi connectivity index (χ2v) is 6.50. The number of hydrogen-bond acceptors (Lipinski definition) is 2. The van der Waals surface area contributed by atoms with Crippen LogP contribution in [0.4, 0.5) is 0 Å². The maximum Gasteiger partial charge on any atom is 0.103 e. The number of piperidine rings is 2. The van der Waals surface area contributed by atoms with Gasteiger partial charge < -0.3 is 9.59 Å². The number of rotatable bonds is 4. The van der Waals surface area contributed by atoms with Gasteiger partial charge >= 0.3 is 0 Å². The van der Waals surface area contributed by atoms with E-state index in [-0.39, 0.29) is 0 Å². The van der Waals surface area contributed by atoms with Crippen LogP contribution in [0, 0.1) is 0 Å². The molecule has 3 fully saturated rings. The van der Waals surface area contributed by atoms with Crippen molar-refractivity contribution in [2.75, 3.05) is 26.2 Å². The van der Waals surface area contributed by atoms with Gasteiger partial charge in [-0.1, -0.05) is 0 Å². The number of aliphatic hydroxyl groups excluding tert-OH is 1. The molecule has 3 aliphatic heterocycles. The lowest BCUT2D eigenvalue weighted by Gasteiger charge is -2.60. The summed E-state index contributed by atoms with van der Waals surface area (Å²) in [7, 11) is 0. The zero-order chi connectivity index (χ0) is 12.6. The summed E-state index contributed by atoms with van der Waals surface area (Å²) in [5, 5.41) is 9.41. The molecule has 3 atom stereocenters. The molecule has 1 N–H and O–H groups in total. The van der Waals surface area contributed by atoms with Crippen LogP contribution in [0.15, 0.2) is 0 Å². The van der Waals surface area contributed by atoms with Crippen molar-refractivity contribution >= 4 is 0 Å². The molecule has 3 heteroatoms. The first-order valence-electron chi connectivity index (χ1n) is 7.24. The van der Waals surface area contributed by atoms with E-state index in [9.17, 15) is 5.11 Å². The number of aliphatic hydroxyl groups is 1. The first-order valence-corrected chi connectivity index (χ1v) is 7.24. The van der Waals surface area contributed by atoms with Crippen LogP contribution >= 0.6 is 0 Å². The minimum Gasteiger partial charge on any atom is -0.391 e. The fourth-order valence-electron chi connectivity index (χ4n) is 4.17. The summed E-state index contributed by atoms with van der Waals surface area (Å²) < 4.78 is 1.16. The monoisotopic (exact) mass is 241 g/mol. The summed E-state index contributed by atoms with van der Waals surface area (Å²) in [6.07, 6.45) is 2.72. The van der Waals surface area contributed by atoms with E-state index in [1.54, 1.807) is 0 Å². The van der Waals surface area contributed by atoms with Crippen molar-refractivity contribution in [2.45, 2.75) is 64.7 Å². The highest BCUT2D eigenvalue weighted by Gasteiger charge is 2.51. The summed E-state index contributed by atoms with van der Waals surface area (Å²) in [6, 6.07) is 2.80. The van der Waals surface area contributed by atoms with Crippen LogP contribution < -0.4 is 0 Å². The molecular weight excluding hydrogens is 212 g/mol. The summed E-state index contributed by atoms with van der Waals surface area (Å²) in [5.74, 6) is 0. The zero-order valence-corrected chi connectivity index (χ0v) is 11.9. The summed E-state index contributed by atoms with van der Waals surface area (Å²) >= 11 is 0. The third kappa shape index (κ3) is 2.13. The van der Waals surface area contributed by atoms with Gasteiger partial charge in [-0.05, 0) is 34.1 Å². The maximum atomic E-state index is 9.41. The van der Waals surface area contributed by atoms with E-state index in [0.29, 0.717) is 18.7 Å². The Kier molecular flexibility index (Phi) is 3.81. The van der Waals surface area contributed by atoms with E-state index in [4.69, 9.17) is 0 Å². The fraction of sp³-hybridized carbons (Fsp3) is 1.00. The van der Waals surface area contributed by atoms with Crippen LogP contribution in [-0.2, 0) is 0 Å². The SMILES string of the molecule is CC(C)N1C[C@@H]2CCC1C[N+]2(CCO)C(C)C. The summed E-state index contributed by atoms with van der Waals surface area (Å²) in [5.41, 5.74) is 0. The lowest BCUT2D eigenvalue weighted by molar-refractivity contribution is -0.982. The van der Waals surface area contributed by atoms with Gasteiger partial charge in [-0.2, -0.15) is 0 Å². The number of hydrogen-bond donors (Lipinski definition) is 1. The molecule has 0 radical (unpaired) electrons. The van der Waals surface area contributed by atoms with Gasteiger partial charge in [0.25, 0.3) is 0 Å². The normalized spacial score (nSPS) is 38.3.